The molecule has 4 rings (SSSR count). The van der Waals surface area contributed by atoms with Crippen LogP contribution in [0.2, 0.25) is 0 Å². The zero-order valence-electron chi connectivity index (χ0n) is 20.3. The van der Waals surface area contributed by atoms with Gasteiger partial charge in [0, 0.05) is 44.5 Å². The molecule has 0 unspecified atom stereocenters. The Morgan fingerprint density at radius 3 is 2.50 bits per heavy atom. The second-order valence-corrected chi connectivity index (χ2v) is 9.59. The van der Waals surface area contributed by atoms with Crippen molar-refractivity contribution < 1.29 is 9.59 Å². The SMILES string of the molecule is CCCCCCC(=O)N1CCC(c2ccc(NC(=O)[C@H]3CCN(c4cccnn4)C3)cc2)CC1. The number of likely N-dealkylation sites (tertiary alicyclic amines) is 1. The van der Waals surface area contributed by atoms with Gasteiger partial charge in [-0.1, -0.05) is 38.3 Å². The number of aromatic nitrogens is 2. The number of benzene rings is 1. The maximum Gasteiger partial charge on any atom is 0.229 e. The van der Waals surface area contributed by atoms with Crippen LogP contribution in [-0.4, -0.2) is 53.1 Å². The molecule has 2 aromatic rings. The molecule has 0 radical (unpaired) electrons. The van der Waals surface area contributed by atoms with Crippen LogP contribution in [0.5, 0.6) is 0 Å². The van der Waals surface area contributed by atoms with E-state index in [1.807, 2.05) is 29.2 Å². The number of piperidine rings is 1. The summed E-state index contributed by atoms with van der Waals surface area (Å²) < 4.78 is 0. The number of nitrogens with zero attached hydrogens (tertiary/aromatic N) is 4. The van der Waals surface area contributed by atoms with Crippen LogP contribution >= 0.6 is 0 Å². The molecule has 34 heavy (non-hydrogen) atoms. The largest absolute Gasteiger partial charge is 0.354 e. The maximum absolute atomic E-state index is 12.8. The van der Waals surface area contributed by atoms with Gasteiger partial charge in [-0.05, 0) is 61.4 Å². The normalized spacial score (nSPS) is 18.8. The first-order valence-electron chi connectivity index (χ1n) is 12.8. The molecule has 2 amide bonds. The van der Waals surface area contributed by atoms with Crippen LogP contribution in [0.3, 0.4) is 0 Å². The molecule has 2 saturated heterocycles. The molecule has 0 bridgehead atoms. The number of hydrogen-bond acceptors (Lipinski definition) is 5. The van der Waals surface area contributed by atoms with E-state index in [1.54, 1.807) is 6.20 Å². The lowest BCUT2D eigenvalue weighted by molar-refractivity contribution is -0.132. The second kappa shape index (κ2) is 12.0. The lowest BCUT2D eigenvalue weighted by atomic mass is 9.89. The minimum Gasteiger partial charge on any atom is -0.354 e. The molecule has 2 fully saturated rings. The topological polar surface area (TPSA) is 78.4 Å². The van der Waals surface area contributed by atoms with Crippen molar-refractivity contribution in [2.75, 3.05) is 36.4 Å². The predicted octanol–water partition coefficient (Wildman–Crippen LogP) is 4.62. The molecule has 0 aliphatic carbocycles. The quantitative estimate of drug-likeness (QED) is 0.549. The molecule has 2 aliphatic heterocycles. The molecular weight excluding hydrogens is 426 g/mol. The first kappa shape index (κ1) is 24.2. The van der Waals surface area contributed by atoms with E-state index in [0.717, 1.165) is 63.2 Å². The van der Waals surface area contributed by atoms with Gasteiger partial charge >= 0.3 is 0 Å². The first-order chi connectivity index (χ1) is 16.6. The van der Waals surface area contributed by atoms with Gasteiger partial charge < -0.3 is 15.1 Å². The standard InChI is InChI=1S/C27H37N5O2/c1-2-3-4-5-8-26(33)31-17-13-22(14-18-31)21-9-11-24(12-10-21)29-27(34)23-15-19-32(20-23)25-7-6-16-28-30-25/h6-7,9-12,16,22-23H,2-5,8,13-15,17-20H2,1H3,(H,29,34)/t23-/m0/s1. The van der Waals surface area contributed by atoms with Crippen molar-refractivity contribution in [3.63, 3.8) is 0 Å². The average Bonchev–Trinajstić information content (AvgIpc) is 3.38. The van der Waals surface area contributed by atoms with Crippen molar-refractivity contribution >= 4 is 23.3 Å². The fourth-order valence-corrected chi connectivity index (χ4v) is 5.05. The van der Waals surface area contributed by atoms with E-state index < -0.39 is 0 Å². The van der Waals surface area contributed by atoms with Gasteiger partial charge in [0.25, 0.3) is 0 Å². The van der Waals surface area contributed by atoms with Crippen LogP contribution in [0.15, 0.2) is 42.6 Å². The number of rotatable bonds is 9. The highest BCUT2D eigenvalue weighted by Crippen LogP contribution is 2.30. The van der Waals surface area contributed by atoms with E-state index in [2.05, 4.69) is 39.5 Å². The van der Waals surface area contributed by atoms with Gasteiger partial charge in [-0.15, -0.1) is 5.10 Å². The van der Waals surface area contributed by atoms with E-state index in [0.29, 0.717) is 24.8 Å². The maximum atomic E-state index is 12.8. The van der Waals surface area contributed by atoms with Gasteiger partial charge in [-0.25, -0.2) is 0 Å². The lowest BCUT2D eigenvalue weighted by Crippen LogP contribution is -2.37. The van der Waals surface area contributed by atoms with Gasteiger partial charge in [-0.3, -0.25) is 9.59 Å². The van der Waals surface area contributed by atoms with Crippen LogP contribution in [0, 0.1) is 5.92 Å². The number of carbonyl (C=O) groups excluding carboxylic acids is 2. The molecule has 1 atom stereocenters. The Balaban J connectivity index is 1.22. The summed E-state index contributed by atoms with van der Waals surface area (Å²) in [5, 5.41) is 11.2. The fraction of sp³-hybridized carbons (Fsp3) is 0.556. The van der Waals surface area contributed by atoms with Crippen LogP contribution in [0.25, 0.3) is 0 Å². The summed E-state index contributed by atoms with van der Waals surface area (Å²) >= 11 is 0. The minimum atomic E-state index is -0.0504. The summed E-state index contributed by atoms with van der Waals surface area (Å²) in [6.45, 7) is 5.37. The Morgan fingerprint density at radius 2 is 1.79 bits per heavy atom. The van der Waals surface area contributed by atoms with E-state index >= 15 is 0 Å². The second-order valence-electron chi connectivity index (χ2n) is 9.59. The first-order valence-corrected chi connectivity index (χ1v) is 12.8. The Morgan fingerprint density at radius 1 is 1.00 bits per heavy atom. The Labute approximate surface area is 202 Å². The number of anilines is 2. The zero-order chi connectivity index (χ0) is 23.8. The van der Waals surface area contributed by atoms with Crippen molar-refractivity contribution in [3.8, 4) is 0 Å². The Bertz CT molecular complexity index is 926. The van der Waals surface area contributed by atoms with E-state index in [9.17, 15) is 9.59 Å². The lowest BCUT2D eigenvalue weighted by Gasteiger charge is -2.32. The van der Waals surface area contributed by atoms with Gasteiger partial charge in [0.2, 0.25) is 11.8 Å². The summed E-state index contributed by atoms with van der Waals surface area (Å²) in [7, 11) is 0. The number of unbranched alkanes of at least 4 members (excludes halogenated alkanes) is 3. The smallest absolute Gasteiger partial charge is 0.229 e. The number of amides is 2. The fourth-order valence-electron chi connectivity index (χ4n) is 5.05. The van der Waals surface area contributed by atoms with Crippen LogP contribution in [0.1, 0.15) is 69.8 Å². The zero-order valence-corrected chi connectivity index (χ0v) is 20.3. The summed E-state index contributed by atoms with van der Waals surface area (Å²) in [6.07, 6.45) is 9.76. The van der Waals surface area contributed by atoms with Crippen molar-refractivity contribution in [1.82, 2.24) is 15.1 Å². The van der Waals surface area contributed by atoms with E-state index in [1.165, 1.54) is 18.4 Å². The Hall–Kier alpha value is -2.96. The van der Waals surface area contributed by atoms with Crippen LogP contribution in [0.4, 0.5) is 11.5 Å². The van der Waals surface area contributed by atoms with Gasteiger partial charge in [0.15, 0.2) is 5.82 Å². The molecule has 3 heterocycles. The third-order valence-electron chi connectivity index (χ3n) is 7.18. The summed E-state index contributed by atoms with van der Waals surface area (Å²) in [5.74, 6) is 1.63. The highest BCUT2D eigenvalue weighted by atomic mass is 16.2. The molecule has 0 saturated carbocycles. The van der Waals surface area contributed by atoms with E-state index in [-0.39, 0.29) is 11.8 Å². The highest BCUT2D eigenvalue weighted by Gasteiger charge is 2.29. The van der Waals surface area contributed by atoms with Crippen LogP contribution in [-0.2, 0) is 9.59 Å². The third-order valence-corrected chi connectivity index (χ3v) is 7.18. The summed E-state index contributed by atoms with van der Waals surface area (Å²) in [4.78, 5) is 29.4. The summed E-state index contributed by atoms with van der Waals surface area (Å²) in [6, 6.07) is 12.1. The van der Waals surface area contributed by atoms with Crippen molar-refractivity contribution in [2.45, 2.75) is 64.2 Å². The third kappa shape index (κ3) is 6.33. The molecule has 7 nitrogen and oxygen atoms in total. The van der Waals surface area contributed by atoms with E-state index in [4.69, 9.17) is 0 Å². The van der Waals surface area contributed by atoms with Crippen molar-refractivity contribution in [3.05, 3.63) is 48.2 Å². The average molecular weight is 464 g/mol. The van der Waals surface area contributed by atoms with Gasteiger partial charge in [0.05, 0.1) is 5.92 Å². The van der Waals surface area contributed by atoms with Crippen molar-refractivity contribution in [2.24, 2.45) is 5.92 Å². The monoisotopic (exact) mass is 463 g/mol. The van der Waals surface area contributed by atoms with Gasteiger partial charge in [-0.2, -0.15) is 5.10 Å². The molecule has 182 valence electrons. The predicted molar refractivity (Wildman–Crippen MR) is 135 cm³/mol. The van der Waals surface area contributed by atoms with Gasteiger partial charge in [0.1, 0.15) is 0 Å². The molecule has 7 heteroatoms. The number of carbonyl (C=O) groups is 2. The minimum absolute atomic E-state index is 0.0504. The molecule has 1 aromatic heterocycles. The molecule has 0 spiro atoms. The van der Waals surface area contributed by atoms with Crippen LogP contribution < -0.4 is 10.2 Å². The molecule has 1 N–H and O–H groups in total. The molecular formula is C27H37N5O2. The highest BCUT2D eigenvalue weighted by molar-refractivity contribution is 5.93. The molecule has 1 aromatic carbocycles. The summed E-state index contributed by atoms with van der Waals surface area (Å²) in [5.41, 5.74) is 2.13. The number of nitrogens with one attached hydrogen (secondary N) is 1. The Kier molecular flexibility index (Phi) is 8.50. The molecule has 2 aliphatic rings. The van der Waals surface area contributed by atoms with Crippen molar-refractivity contribution in [1.29, 1.82) is 0 Å². The number of hydrogen-bond donors (Lipinski definition) is 1.